The summed E-state index contributed by atoms with van der Waals surface area (Å²) in [6.07, 6.45) is 6.25. The molecule has 11 heteroatoms. The largest absolute Gasteiger partial charge is 0.498 e. The van der Waals surface area contributed by atoms with Crippen molar-refractivity contribution in [2.24, 2.45) is 5.92 Å². The maximum absolute atomic E-state index is 13.5. The van der Waals surface area contributed by atoms with Crippen LogP contribution in [0.1, 0.15) is 88.0 Å². The summed E-state index contributed by atoms with van der Waals surface area (Å²) in [7, 11) is -0.529. The van der Waals surface area contributed by atoms with E-state index in [9.17, 15) is 9.59 Å². The molecule has 0 aromatic carbocycles. The summed E-state index contributed by atoms with van der Waals surface area (Å²) in [6.45, 7) is 18.3. The molecule has 1 aromatic heterocycles. The molecule has 0 spiro atoms. The molecule has 10 nitrogen and oxygen atoms in total. The second-order valence-corrected chi connectivity index (χ2v) is 12.6. The standard InChI is InChI=1S/C27H45BN4O6/c1-18(2)21(31-24(34)36-25(3,4)5)22(33)32-14-11-10-12-20(32)13-15-35-23-29-16-19(17-30-23)28-37-26(6,7)27(8,9)38-28/h16-18,20-21H,10-15H2,1-9H3,(H,31,34)/t20-,21-/m0/s1. The van der Waals surface area contributed by atoms with Crippen molar-refractivity contribution in [1.29, 1.82) is 0 Å². The molecule has 0 saturated carbocycles. The smallest absolute Gasteiger partial charge is 0.463 e. The van der Waals surface area contributed by atoms with E-state index in [0.29, 0.717) is 19.6 Å². The van der Waals surface area contributed by atoms with E-state index in [4.69, 9.17) is 18.8 Å². The fourth-order valence-corrected chi connectivity index (χ4v) is 4.51. The number of likely N-dealkylation sites (tertiary alicyclic amines) is 1. The Morgan fingerprint density at radius 3 is 2.29 bits per heavy atom. The molecular formula is C27H45BN4O6. The van der Waals surface area contributed by atoms with Gasteiger partial charge in [-0.1, -0.05) is 13.8 Å². The van der Waals surface area contributed by atoms with Gasteiger partial charge < -0.3 is 29.0 Å². The number of alkyl carbamates (subject to hydrolysis) is 1. The average molecular weight is 532 g/mol. The fourth-order valence-electron chi connectivity index (χ4n) is 4.51. The molecule has 2 saturated heterocycles. The van der Waals surface area contributed by atoms with Crippen molar-refractivity contribution in [2.45, 2.75) is 117 Å². The zero-order valence-corrected chi connectivity index (χ0v) is 24.5. The number of carbonyl (C=O) groups is 2. The van der Waals surface area contributed by atoms with E-state index in [0.717, 1.165) is 24.7 Å². The van der Waals surface area contributed by atoms with E-state index >= 15 is 0 Å². The van der Waals surface area contributed by atoms with Crippen LogP contribution in [0.5, 0.6) is 6.01 Å². The van der Waals surface area contributed by atoms with Gasteiger partial charge in [-0.3, -0.25) is 4.79 Å². The Balaban J connectivity index is 1.56. The molecule has 2 aliphatic rings. The number of nitrogens with zero attached hydrogens (tertiary/aromatic N) is 3. The molecule has 3 rings (SSSR count). The van der Waals surface area contributed by atoms with Crippen LogP contribution in [0.25, 0.3) is 0 Å². The highest BCUT2D eigenvalue weighted by atomic mass is 16.7. The Bertz CT molecular complexity index is 947. The molecule has 2 atom stereocenters. The number of aromatic nitrogens is 2. The fraction of sp³-hybridized carbons (Fsp3) is 0.778. The van der Waals surface area contributed by atoms with Crippen molar-refractivity contribution in [3.63, 3.8) is 0 Å². The van der Waals surface area contributed by atoms with Gasteiger partial charge in [-0.2, -0.15) is 0 Å². The van der Waals surface area contributed by atoms with Gasteiger partial charge >= 0.3 is 19.2 Å². The minimum absolute atomic E-state index is 0.0157. The Hall–Kier alpha value is -2.40. The molecule has 0 radical (unpaired) electrons. The molecule has 38 heavy (non-hydrogen) atoms. The SMILES string of the molecule is CC(C)[C@H](NC(=O)OC(C)(C)C)C(=O)N1CCCC[C@H]1CCOc1ncc(B2OC(C)(C)C(C)(C)O2)cn1. The average Bonchev–Trinajstić information content (AvgIpc) is 3.03. The van der Waals surface area contributed by atoms with E-state index < -0.39 is 36.1 Å². The van der Waals surface area contributed by atoms with E-state index in [2.05, 4.69) is 15.3 Å². The third kappa shape index (κ3) is 7.59. The topological polar surface area (TPSA) is 112 Å². The third-order valence-electron chi connectivity index (χ3n) is 7.37. The van der Waals surface area contributed by atoms with Gasteiger partial charge in [0.15, 0.2) is 0 Å². The monoisotopic (exact) mass is 532 g/mol. The predicted octanol–water partition coefficient (Wildman–Crippen LogP) is 3.48. The van der Waals surface area contributed by atoms with Crippen LogP contribution in [-0.4, -0.2) is 76.0 Å². The molecule has 1 N–H and O–H groups in total. The quantitative estimate of drug-likeness (QED) is 0.507. The first-order valence-corrected chi connectivity index (χ1v) is 13.7. The number of piperidine rings is 1. The summed E-state index contributed by atoms with van der Waals surface area (Å²) in [4.78, 5) is 36.4. The maximum Gasteiger partial charge on any atom is 0.498 e. The number of carbonyl (C=O) groups excluding carboxylic acids is 2. The van der Waals surface area contributed by atoms with Crippen molar-refractivity contribution < 1.29 is 28.4 Å². The van der Waals surface area contributed by atoms with Crippen LogP contribution in [0.3, 0.4) is 0 Å². The van der Waals surface area contributed by atoms with Crippen LogP contribution >= 0.6 is 0 Å². The van der Waals surface area contributed by atoms with Crippen molar-refractivity contribution in [3.05, 3.63) is 12.4 Å². The normalized spacial score (nSPS) is 21.8. The lowest BCUT2D eigenvalue weighted by molar-refractivity contribution is -0.138. The Labute approximate surface area is 227 Å². The van der Waals surface area contributed by atoms with E-state index in [-0.39, 0.29) is 23.9 Å². The number of hydrogen-bond donors (Lipinski definition) is 1. The van der Waals surface area contributed by atoms with E-state index in [1.165, 1.54) is 0 Å². The molecule has 0 bridgehead atoms. The van der Waals surface area contributed by atoms with Crippen LogP contribution in [0, 0.1) is 5.92 Å². The lowest BCUT2D eigenvalue weighted by Gasteiger charge is -2.39. The molecule has 0 aliphatic carbocycles. The highest BCUT2D eigenvalue weighted by molar-refractivity contribution is 6.61. The number of ether oxygens (including phenoxy) is 2. The van der Waals surface area contributed by atoms with E-state index in [1.807, 2.05) is 46.4 Å². The lowest BCUT2D eigenvalue weighted by atomic mass is 9.81. The first kappa shape index (κ1) is 30.2. The highest BCUT2D eigenvalue weighted by Gasteiger charge is 2.52. The Morgan fingerprint density at radius 2 is 1.74 bits per heavy atom. The summed E-state index contributed by atoms with van der Waals surface area (Å²) in [6, 6.07) is -0.371. The van der Waals surface area contributed by atoms with Gasteiger partial charge in [0, 0.05) is 36.9 Å². The Morgan fingerprint density at radius 1 is 1.13 bits per heavy atom. The van der Waals surface area contributed by atoms with Gasteiger partial charge in [-0.15, -0.1) is 0 Å². The van der Waals surface area contributed by atoms with Crippen molar-refractivity contribution in [3.8, 4) is 6.01 Å². The zero-order chi connectivity index (χ0) is 28.3. The maximum atomic E-state index is 13.5. The number of rotatable bonds is 8. The second-order valence-electron chi connectivity index (χ2n) is 12.6. The molecule has 3 heterocycles. The molecule has 212 valence electrons. The highest BCUT2D eigenvalue weighted by Crippen LogP contribution is 2.36. The van der Waals surface area contributed by atoms with Crippen molar-refractivity contribution in [1.82, 2.24) is 20.2 Å². The second kappa shape index (κ2) is 11.8. The van der Waals surface area contributed by atoms with Gasteiger partial charge in [0.1, 0.15) is 11.6 Å². The number of amides is 2. The number of hydrogen-bond acceptors (Lipinski definition) is 8. The van der Waals surface area contributed by atoms with Gasteiger partial charge in [-0.05, 0) is 73.6 Å². The van der Waals surface area contributed by atoms with Gasteiger partial charge in [-0.25, -0.2) is 14.8 Å². The first-order chi connectivity index (χ1) is 17.6. The van der Waals surface area contributed by atoms with Crippen LogP contribution in [0.15, 0.2) is 12.4 Å². The summed E-state index contributed by atoms with van der Waals surface area (Å²) in [5.74, 6) is -0.164. The van der Waals surface area contributed by atoms with Crippen LogP contribution in [-0.2, 0) is 18.8 Å². The summed E-state index contributed by atoms with van der Waals surface area (Å²) >= 11 is 0. The third-order valence-corrected chi connectivity index (χ3v) is 7.37. The van der Waals surface area contributed by atoms with E-state index in [1.54, 1.807) is 33.2 Å². The zero-order valence-electron chi connectivity index (χ0n) is 24.5. The van der Waals surface area contributed by atoms with Crippen LogP contribution in [0.4, 0.5) is 4.79 Å². The molecule has 2 amide bonds. The molecule has 2 aliphatic heterocycles. The molecular weight excluding hydrogens is 487 g/mol. The first-order valence-electron chi connectivity index (χ1n) is 13.7. The Kier molecular flexibility index (Phi) is 9.34. The minimum Gasteiger partial charge on any atom is -0.463 e. The van der Waals surface area contributed by atoms with Crippen LogP contribution < -0.4 is 15.5 Å². The summed E-state index contributed by atoms with van der Waals surface area (Å²) in [5, 5.41) is 2.79. The minimum atomic E-state index is -0.655. The van der Waals surface area contributed by atoms with Gasteiger partial charge in [0.05, 0.1) is 17.8 Å². The summed E-state index contributed by atoms with van der Waals surface area (Å²) in [5.41, 5.74) is -0.776. The number of nitrogens with one attached hydrogen (secondary N) is 1. The molecule has 1 aromatic rings. The molecule has 0 unspecified atom stereocenters. The van der Waals surface area contributed by atoms with Crippen molar-refractivity contribution in [2.75, 3.05) is 13.2 Å². The molecule has 2 fully saturated rings. The van der Waals surface area contributed by atoms with Gasteiger partial charge in [0.2, 0.25) is 5.91 Å². The lowest BCUT2D eigenvalue weighted by Crippen LogP contribution is -2.56. The van der Waals surface area contributed by atoms with Crippen LogP contribution in [0.2, 0.25) is 0 Å². The summed E-state index contributed by atoms with van der Waals surface area (Å²) < 4.78 is 23.3. The van der Waals surface area contributed by atoms with Gasteiger partial charge in [0.25, 0.3) is 0 Å². The van der Waals surface area contributed by atoms with Crippen molar-refractivity contribution >= 4 is 24.6 Å². The predicted molar refractivity (Wildman–Crippen MR) is 145 cm³/mol.